The summed E-state index contributed by atoms with van der Waals surface area (Å²) in [6.07, 6.45) is 0.551. The van der Waals surface area contributed by atoms with Gasteiger partial charge in [-0.1, -0.05) is 12.1 Å². The molecule has 1 aromatic carbocycles. The lowest BCUT2D eigenvalue weighted by Crippen LogP contribution is -2.41. The Morgan fingerprint density at radius 3 is 2.17 bits per heavy atom. The van der Waals surface area contributed by atoms with Crippen LogP contribution < -0.4 is 15.7 Å². The number of nitrogens with zero attached hydrogens (tertiary/aromatic N) is 1. The molecule has 124 valence electrons. The monoisotopic (exact) mass is 316 g/mol. The van der Waals surface area contributed by atoms with E-state index in [1.165, 1.54) is 0 Å². The van der Waals surface area contributed by atoms with Gasteiger partial charge in [0.25, 0.3) is 0 Å². The molecule has 0 bridgehead atoms. The fraction of sp³-hybridized carbons (Fsp3) is 0.588. The first-order chi connectivity index (χ1) is 10.7. The summed E-state index contributed by atoms with van der Waals surface area (Å²) in [6.45, 7) is 8.89. The first kappa shape index (κ1) is 16.5. The van der Waals surface area contributed by atoms with Gasteiger partial charge in [0.1, 0.15) is 0 Å². The van der Waals surface area contributed by atoms with Crippen LogP contribution >= 0.6 is 0 Å². The lowest BCUT2D eigenvalue weighted by atomic mass is 9.79. The number of likely N-dealkylation sites (N-methyl/N-ethyl adjacent to an activating group) is 1. The minimum atomic E-state index is -0.367. The summed E-state index contributed by atoms with van der Waals surface area (Å²) >= 11 is 0. The van der Waals surface area contributed by atoms with Crippen molar-refractivity contribution < 1.29 is 14.1 Å². The Balaban J connectivity index is 1.75. The second-order valence-corrected chi connectivity index (χ2v) is 7.37. The Hall–Kier alpha value is -1.37. The third-order valence-corrected chi connectivity index (χ3v) is 5.26. The number of nitrogens with one attached hydrogen (secondary N) is 1. The van der Waals surface area contributed by atoms with Crippen molar-refractivity contribution in [3.63, 3.8) is 0 Å². The predicted octanol–water partition coefficient (Wildman–Crippen LogP) is 1.31. The molecule has 1 atom stereocenters. The predicted molar refractivity (Wildman–Crippen MR) is 92.0 cm³/mol. The molecule has 2 heterocycles. The van der Waals surface area contributed by atoms with Gasteiger partial charge in [0, 0.05) is 24.7 Å². The van der Waals surface area contributed by atoms with Gasteiger partial charge in [-0.3, -0.25) is 4.79 Å². The van der Waals surface area contributed by atoms with E-state index in [0.29, 0.717) is 13.0 Å². The maximum absolute atomic E-state index is 12.1. The van der Waals surface area contributed by atoms with Crippen molar-refractivity contribution in [2.75, 3.05) is 18.5 Å². The van der Waals surface area contributed by atoms with Gasteiger partial charge in [-0.2, -0.15) is 0 Å². The van der Waals surface area contributed by atoms with Crippen molar-refractivity contribution in [2.45, 2.75) is 51.4 Å². The van der Waals surface area contributed by atoms with E-state index in [-0.39, 0.29) is 30.3 Å². The van der Waals surface area contributed by atoms with Crippen LogP contribution in [0.5, 0.6) is 0 Å². The number of carbonyl (C=O) groups excluding carboxylic acids is 1. The Bertz CT molecular complexity index is 584. The van der Waals surface area contributed by atoms with Crippen LogP contribution in [0.25, 0.3) is 0 Å². The Morgan fingerprint density at radius 1 is 1.13 bits per heavy atom. The first-order valence-corrected chi connectivity index (χ1v) is 8.17. The van der Waals surface area contributed by atoms with Gasteiger partial charge in [-0.05, 0) is 52.3 Å². The molecular weight excluding hydrogens is 291 g/mol. The Kier molecular flexibility index (Phi) is 4.03. The summed E-state index contributed by atoms with van der Waals surface area (Å²) in [5.74, 6) is 0.160. The average Bonchev–Trinajstić information content (AvgIpc) is 2.96. The highest BCUT2D eigenvalue weighted by atomic mass is 16.7. The molecule has 1 amide bonds. The largest absolute Gasteiger partial charge is 0.494 e. The van der Waals surface area contributed by atoms with Crippen molar-refractivity contribution in [1.82, 2.24) is 5.32 Å². The number of hydrogen-bond acceptors (Lipinski definition) is 4. The SMILES string of the molecule is CN[C@H]1CC(=O)N(c2ccc(B3OC(C)(C)C(C)(C)O3)cc2)C1. The van der Waals surface area contributed by atoms with E-state index in [2.05, 4.69) is 5.32 Å². The molecule has 0 radical (unpaired) electrons. The van der Waals surface area contributed by atoms with Crippen LogP contribution in [0.15, 0.2) is 24.3 Å². The van der Waals surface area contributed by atoms with E-state index >= 15 is 0 Å². The topological polar surface area (TPSA) is 50.8 Å². The zero-order chi connectivity index (χ0) is 16.8. The van der Waals surface area contributed by atoms with Crippen LogP contribution in [0, 0.1) is 0 Å². The van der Waals surface area contributed by atoms with Gasteiger partial charge in [0.15, 0.2) is 0 Å². The summed E-state index contributed by atoms with van der Waals surface area (Å²) in [6, 6.07) is 8.13. The van der Waals surface area contributed by atoms with Gasteiger partial charge in [0.05, 0.1) is 11.2 Å². The highest BCUT2D eigenvalue weighted by molar-refractivity contribution is 6.62. The number of benzene rings is 1. The van der Waals surface area contributed by atoms with E-state index in [1.54, 1.807) is 0 Å². The number of carbonyl (C=O) groups is 1. The van der Waals surface area contributed by atoms with Gasteiger partial charge < -0.3 is 19.5 Å². The molecular formula is C17H25BN2O3. The third-order valence-electron chi connectivity index (χ3n) is 5.26. The number of hydrogen-bond donors (Lipinski definition) is 1. The minimum absolute atomic E-state index is 0.160. The maximum Gasteiger partial charge on any atom is 0.494 e. The van der Waals surface area contributed by atoms with E-state index in [9.17, 15) is 4.79 Å². The molecule has 0 saturated carbocycles. The lowest BCUT2D eigenvalue weighted by molar-refractivity contribution is -0.117. The van der Waals surface area contributed by atoms with Crippen LogP contribution in [0.4, 0.5) is 5.69 Å². The maximum atomic E-state index is 12.1. The first-order valence-electron chi connectivity index (χ1n) is 8.17. The quantitative estimate of drug-likeness (QED) is 0.855. The Morgan fingerprint density at radius 2 is 1.70 bits per heavy atom. The standard InChI is InChI=1S/C17H25BN2O3/c1-16(2)17(3,4)23-18(22-16)12-6-8-14(9-7-12)20-11-13(19-5)10-15(20)21/h6-9,13,19H,10-11H2,1-5H3/t13-/m0/s1. The molecule has 3 rings (SSSR count). The molecule has 1 N–H and O–H groups in total. The van der Waals surface area contributed by atoms with Crippen LogP contribution in [0.3, 0.4) is 0 Å². The van der Waals surface area contributed by atoms with Gasteiger partial charge in [0.2, 0.25) is 5.91 Å². The number of rotatable bonds is 3. The molecule has 5 nitrogen and oxygen atoms in total. The molecule has 1 aromatic rings. The van der Waals surface area contributed by atoms with Crippen molar-refractivity contribution in [3.8, 4) is 0 Å². The molecule has 2 fully saturated rings. The second kappa shape index (κ2) is 5.62. The summed E-state index contributed by atoms with van der Waals surface area (Å²) in [5.41, 5.74) is 1.21. The van der Waals surface area contributed by atoms with Crippen LogP contribution in [0.1, 0.15) is 34.1 Å². The smallest absolute Gasteiger partial charge is 0.399 e. The average molecular weight is 316 g/mol. The van der Waals surface area contributed by atoms with Crippen molar-refractivity contribution in [2.24, 2.45) is 0 Å². The second-order valence-electron chi connectivity index (χ2n) is 7.37. The highest BCUT2D eigenvalue weighted by Crippen LogP contribution is 2.36. The summed E-state index contributed by atoms with van der Waals surface area (Å²) in [4.78, 5) is 13.9. The molecule has 0 unspecified atom stereocenters. The van der Waals surface area contributed by atoms with Crippen molar-refractivity contribution in [1.29, 1.82) is 0 Å². The number of anilines is 1. The van der Waals surface area contributed by atoms with Gasteiger partial charge in [-0.15, -0.1) is 0 Å². The van der Waals surface area contributed by atoms with Crippen LogP contribution in [-0.2, 0) is 14.1 Å². The van der Waals surface area contributed by atoms with Crippen molar-refractivity contribution >= 4 is 24.2 Å². The molecule has 23 heavy (non-hydrogen) atoms. The minimum Gasteiger partial charge on any atom is -0.399 e. The van der Waals surface area contributed by atoms with Crippen LogP contribution in [0.2, 0.25) is 0 Å². The zero-order valence-electron chi connectivity index (χ0n) is 14.6. The molecule has 2 aliphatic rings. The van der Waals surface area contributed by atoms with E-state index in [4.69, 9.17) is 9.31 Å². The normalized spacial score (nSPS) is 26.1. The van der Waals surface area contributed by atoms with Gasteiger partial charge >= 0.3 is 7.12 Å². The molecule has 2 saturated heterocycles. The molecule has 0 aromatic heterocycles. The van der Waals surface area contributed by atoms with E-state index in [0.717, 1.165) is 11.2 Å². The van der Waals surface area contributed by atoms with Crippen molar-refractivity contribution in [3.05, 3.63) is 24.3 Å². The fourth-order valence-corrected chi connectivity index (χ4v) is 2.94. The lowest BCUT2D eigenvalue weighted by Gasteiger charge is -2.32. The zero-order valence-corrected chi connectivity index (χ0v) is 14.6. The van der Waals surface area contributed by atoms with Gasteiger partial charge in [-0.25, -0.2) is 0 Å². The van der Waals surface area contributed by atoms with E-state index < -0.39 is 0 Å². The molecule has 0 spiro atoms. The highest BCUT2D eigenvalue weighted by Gasteiger charge is 2.51. The Labute approximate surface area is 138 Å². The number of amides is 1. The molecule has 2 aliphatic heterocycles. The summed E-state index contributed by atoms with van der Waals surface area (Å²) < 4.78 is 12.1. The molecule has 6 heteroatoms. The van der Waals surface area contributed by atoms with Crippen LogP contribution in [-0.4, -0.2) is 43.9 Å². The third kappa shape index (κ3) is 2.91. The molecule has 0 aliphatic carbocycles. The summed E-state index contributed by atoms with van der Waals surface area (Å²) in [7, 11) is 1.52. The summed E-state index contributed by atoms with van der Waals surface area (Å²) in [5, 5.41) is 3.17. The van der Waals surface area contributed by atoms with E-state index in [1.807, 2.05) is 63.9 Å². The fourth-order valence-electron chi connectivity index (χ4n) is 2.94.